The second kappa shape index (κ2) is 11.1. The molecule has 39 heavy (non-hydrogen) atoms. The summed E-state index contributed by atoms with van der Waals surface area (Å²) in [5.74, 6) is 0.769. The topological polar surface area (TPSA) is 82.9 Å². The van der Waals surface area contributed by atoms with E-state index in [2.05, 4.69) is 68.4 Å². The summed E-state index contributed by atoms with van der Waals surface area (Å²) >= 11 is 6.34. The quantitative estimate of drug-likeness (QED) is 0.346. The van der Waals surface area contributed by atoms with E-state index >= 15 is 0 Å². The van der Waals surface area contributed by atoms with Crippen LogP contribution in [0.1, 0.15) is 73.6 Å². The predicted molar refractivity (Wildman–Crippen MR) is 156 cm³/mol. The van der Waals surface area contributed by atoms with Crippen LogP contribution >= 0.6 is 11.6 Å². The molecule has 1 aliphatic heterocycles. The molecule has 2 aliphatic rings. The monoisotopic (exact) mass is 545 g/mol. The molecule has 1 atom stereocenters. The summed E-state index contributed by atoms with van der Waals surface area (Å²) in [5, 5.41) is 15.0. The Morgan fingerprint density at radius 1 is 1.03 bits per heavy atom. The smallest absolute Gasteiger partial charge is 0.253 e. The molecule has 0 amide bonds. The fourth-order valence-corrected chi connectivity index (χ4v) is 6.47. The SMILES string of the molecule is CCc1ccc2[nH]c(=O)c(C(c3nnnn3C3CCCCC3)N3CCN(c4cc(Cl)ccc4C)CC3)cc2c1. The Labute approximate surface area is 234 Å². The van der Waals surface area contributed by atoms with E-state index in [1.807, 2.05) is 22.9 Å². The van der Waals surface area contributed by atoms with Gasteiger partial charge in [0.05, 0.1) is 6.04 Å². The van der Waals surface area contributed by atoms with E-state index in [4.69, 9.17) is 11.6 Å². The lowest BCUT2D eigenvalue weighted by Gasteiger charge is -2.40. The molecule has 1 saturated heterocycles. The van der Waals surface area contributed by atoms with Crippen molar-refractivity contribution in [3.63, 3.8) is 0 Å². The molecule has 9 heteroatoms. The van der Waals surface area contributed by atoms with Gasteiger partial charge in [-0.25, -0.2) is 4.68 Å². The van der Waals surface area contributed by atoms with Crippen molar-refractivity contribution in [3.8, 4) is 0 Å². The van der Waals surface area contributed by atoms with Gasteiger partial charge in [-0.2, -0.15) is 0 Å². The van der Waals surface area contributed by atoms with Crippen molar-refractivity contribution < 1.29 is 0 Å². The first kappa shape index (κ1) is 26.0. The molecule has 2 fully saturated rings. The Balaban J connectivity index is 1.39. The van der Waals surface area contributed by atoms with E-state index in [1.54, 1.807) is 0 Å². The molecule has 1 aliphatic carbocycles. The Hall–Kier alpha value is -3.23. The number of aryl methyl sites for hydroxylation is 2. The number of halogens is 1. The van der Waals surface area contributed by atoms with Crippen LogP contribution in [0.4, 0.5) is 5.69 Å². The Bertz CT molecular complexity index is 1520. The van der Waals surface area contributed by atoms with Crippen LogP contribution in [0, 0.1) is 6.92 Å². The number of rotatable bonds is 6. The van der Waals surface area contributed by atoms with Crippen LogP contribution in [0.15, 0.2) is 47.3 Å². The van der Waals surface area contributed by atoms with Gasteiger partial charge in [0.25, 0.3) is 5.56 Å². The molecule has 4 aromatic rings. The van der Waals surface area contributed by atoms with Crippen LogP contribution in [0.25, 0.3) is 10.9 Å². The maximum absolute atomic E-state index is 13.6. The number of nitrogens with one attached hydrogen (secondary N) is 1. The number of H-pyrrole nitrogens is 1. The summed E-state index contributed by atoms with van der Waals surface area (Å²) in [6.45, 7) is 7.48. The molecule has 1 unspecified atom stereocenters. The van der Waals surface area contributed by atoms with Crippen molar-refractivity contribution in [2.24, 2.45) is 0 Å². The highest BCUT2D eigenvalue weighted by atomic mass is 35.5. The van der Waals surface area contributed by atoms with Gasteiger partial charge >= 0.3 is 0 Å². The van der Waals surface area contributed by atoms with E-state index in [9.17, 15) is 4.79 Å². The predicted octanol–water partition coefficient (Wildman–Crippen LogP) is 5.46. The number of hydrogen-bond donors (Lipinski definition) is 1. The minimum atomic E-state index is -0.331. The molecule has 3 heterocycles. The third-order valence-electron chi connectivity index (χ3n) is 8.51. The van der Waals surface area contributed by atoms with Crippen LogP contribution in [0.3, 0.4) is 0 Å². The van der Waals surface area contributed by atoms with Gasteiger partial charge in [0.2, 0.25) is 0 Å². The molecule has 1 N–H and O–H groups in total. The van der Waals surface area contributed by atoms with Gasteiger partial charge in [-0.1, -0.05) is 49.9 Å². The Morgan fingerprint density at radius 2 is 1.82 bits per heavy atom. The summed E-state index contributed by atoms with van der Waals surface area (Å²) in [6, 6.07) is 14.3. The van der Waals surface area contributed by atoms with Gasteiger partial charge in [0, 0.05) is 48.0 Å². The highest BCUT2D eigenvalue weighted by Crippen LogP contribution is 2.34. The minimum Gasteiger partial charge on any atom is -0.369 e. The first-order valence-electron chi connectivity index (χ1n) is 14.2. The van der Waals surface area contributed by atoms with Crippen molar-refractivity contribution in [2.75, 3.05) is 31.1 Å². The van der Waals surface area contributed by atoms with Crippen molar-refractivity contribution in [3.05, 3.63) is 80.4 Å². The zero-order valence-corrected chi connectivity index (χ0v) is 23.5. The lowest BCUT2D eigenvalue weighted by molar-refractivity contribution is 0.192. The van der Waals surface area contributed by atoms with Gasteiger partial charge in [-0.15, -0.1) is 5.10 Å². The Kier molecular flexibility index (Phi) is 7.40. The minimum absolute atomic E-state index is 0.0805. The first-order valence-corrected chi connectivity index (χ1v) is 14.6. The highest BCUT2D eigenvalue weighted by molar-refractivity contribution is 6.30. The molecule has 2 aromatic carbocycles. The van der Waals surface area contributed by atoms with Crippen molar-refractivity contribution in [1.29, 1.82) is 0 Å². The number of benzene rings is 2. The number of anilines is 1. The van der Waals surface area contributed by atoms with E-state index in [0.29, 0.717) is 5.56 Å². The molecular weight excluding hydrogens is 510 g/mol. The zero-order chi connectivity index (χ0) is 26.9. The van der Waals surface area contributed by atoms with Crippen molar-refractivity contribution in [2.45, 2.75) is 64.5 Å². The summed E-state index contributed by atoms with van der Waals surface area (Å²) in [5.41, 5.74) is 5.10. The normalized spacial score (nSPS) is 18.1. The number of aromatic nitrogens is 5. The van der Waals surface area contributed by atoms with Crippen LogP contribution in [-0.4, -0.2) is 56.3 Å². The average Bonchev–Trinajstić information content (AvgIpc) is 3.45. The molecular formula is C30H36ClN7O. The van der Waals surface area contributed by atoms with E-state index in [-0.39, 0.29) is 17.6 Å². The van der Waals surface area contributed by atoms with E-state index in [1.165, 1.54) is 36.1 Å². The molecule has 204 valence electrons. The third-order valence-corrected chi connectivity index (χ3v) is 8.75. The molecule has 1 saturated carbocycles. The second-order valence-electron chi connectivity index (χ2n) is 11.0. The second-order valence-corrected chi connectivity index (χ2v) is 11.4. The average molecular weight is 546 g/mol. The van der Waals surface area contributed by atoms with Crippen molar-refractivity contribution >= 4 is 28.2 Å². The number of fused-ring (bicyclic) bond motifs is 1. The van der Waals surface area contributed by atoms with Crippen molar-refractivity contribution in [1.82, 2.24) is 30.1 Å². The number of aromatic amines is 1. The van der Waals surface area contributed by atoms with Gasteiger partial charge in [-0.05, 0) is 83.5 Å². The van der Waals surface area contributed by atoms with Gasteiger partial charge in [-0.3, -0.25) is 9.69 Å². The van der Waals surface area contributed by atoms with Gasteiger partial charge in [0.1, 0.15) is 6.04 Å². The lowest BCUT2D eigenvalue weighted by atomic mass is 9.95. The molecule has 6 rings (SSSR count). The summed E-state index contributed by atoms with van der Waals surface area (Å²) in [7, 11) is 0. The Morgan fingerprint density at radius 3 is 2.59 bits per heavy atom. The maximum Gasteiger partial charge on any atom is 0.253 e. The van der Waals surface area contributed by atoms with Gasteiger partial charge in [0.15, 0.2) is 5.82 Å². The molecule has 0 spiro atoms. The van der Waals surface area contributed by atoms with Crippen LogP contribution in [0.5, 0.6) is 0 Å². The summed E-state index contributed by atoms with van der Waals surface area (Å²) < 4.78 is 2.02. The number of hydrogen-bond acceptors (Lipinski definition) is 6. The number of tetrazole rings is 1. The third kappa shape index (κ3) is 5.20. The lowest BCUT2D eigenvalue weighted by Crippen LogP contribution is -2.49. The molecule has 0 radical (unpaired) electrons. The standard InChI is InChI=1S/C30H36ClN7O/c1-3-21-10-12-26-22(17-21)18-25(30(39)32-26)28(29-33-34-35-38(29)24-7-5-4-6-8-24)37-15-13-36(14-16-37)27-19-23(31)11-9-20(27)2/h9-12,17-19,24,28H,3-8,13-16H2,1-2H3,(H,32,39). The van der Waals surface area contributed by atoms with E-state index < -0.39 is 0 Å². The number of pyridine rings is 1. The van der Waals surface area contributed by atoms with Crippen LogP contribution in [-0.2, 0) is 6.42 Å². The van der Waals surface area contributed by atoms with E-state index in [0.717, 1.165) is 67.2 Å². The highest BCUT2D eigenvalue weighted by Gasteiger charge is 2.34. The molecule has 0 bridgehead atoms. The van der Waals surface area contributed by atoms with Crippen LogP contribution < -0.4 is 10.5 Å². The van der Waals surface area contributed by atoms with Gasteiger partial charge < -0.3 is 9.88 Å². The first-order chi connectivity index (χ1) is 19.0. The number of nitrogens with zero attached hydrogens (tertiary/aromatic N) is 6. The summed E-state index contributed by atoms with van der Waals surface area (Å²) in [6.07, 6.45) is 6.71. The fraction of sp³-hybridized carbons (Fsp3) is 0.467. The molecule has 2 aromatic heterocycles. The molecule has 8 nitrogen and oxygen atoms in total. The summed E-state index contributed by atoms with van der Waals surface area (Å²) in [4.78, 5) is 21.6. The maximum atomic E-state index is 13.6. The van der Waals surface area contributed by atoms with Crippen LogP contribution in [0.2, 0.25) is 5.02 Å². The number of piperazine rings is 1. The fourth-order valence-electron chi connectivity index (χ4n) is 6.31. The zero-order valence-electron chi connectivity index (χ0n) is 22.7. The largest absolute Gasteiger partial charge is 0.369 e.